The van der Waals surface area contributed by atoms with Crippen molar-refractivity contribution < 1.29 is 41.7 Å². The van der Waals surface area contributed by atoms with Crippen molar-refractivity contribution in [3.63, 3.8) is 0 Å². The molecule has 6 nitrogen and oxygen atoms in total. The monoisotopic (exact) mass is 678 g/mol. The third-order valence-corrected chi connectivity index (χ3v) is 13.7. The van der Waals surface area contributed by atoms with Crippen LogP contribution in [0.4, 0.5) is 13.2 Å². The molecule has 0 amide bonds. The first-order chi connectivity index (χ1) is 22.6. The molecule has 11 atom stereocenters. The molecule has 0 spiro atoms. The molecule has 0 heterocycles. The second-order valence-corrected chi connectivity index (χ2v) is 16.3. The zero-order chi connectivity index (χ0) is 35.1. The summed E-state index contributed by atoms with van der Waals surface area (Å²) >= 11 is 0. The van der Waals surface area contributed by atoms with Crippen molar-refractivity contribution in [3.8, 4) is 0 Å². The van der Waals surface area contributed by atoms with Crippen molar-refractivity contribution in [1.82, 2.24) is 0 Å². The van der Waals surface area contributed by atoms with Gasteiger partial charge < -0.3 is 18.9 Å². The Labute approximate surface area is 285 Å². The van der Waals surface area contributed by atoms with Gasteiger partial charge in [-0.05, 0) is 104 Å². The number of esters is 1. The quantitative estimate of drug-likeness (QED) is 0.163. The summed E-state index contributed by atoms with van der Waals surface area (Å²) in [5.41, 5.74) is -3.22. The highest BCUT2D eigenvalue weighted by Gasteiger charge is 2.65. The maximum atomic E-state index is 14.6. The first-order valence-corrected chi connectivity index (χ1v) is 18.1. The van der Waals surface area contributed by atoms with Crippen molar-refractivity contribution in [3.05, 3.63) is 35.9 Å². The molecule has 1 aromatic carbocycles. The lowest BCUT2D eigenvalue weighted by Crippen LogP contribution is -2.59. The van der Waals surface area contributed by atoms with Gasteiger partial charge in [-0.3, -0.25) is 4.79 Å². The number of carbonyl (C=O) groups is 2. The van der Waals surface area contributed by atoms with Crippen LogP contribution in [0.25, 0.3) is 0 Å². The van der Waals surface area contributed by atoms with Crippen molar-refractivity contribution >= 4 is 11.8 Å². The van der Waals surface area contributed by atoms with Crippen molar-refractivity contribution in [2.24, 2.45) is 52.3 Å². The van der Waals surface area contributed by atoms with Gasteiger partial charge in [0.25, 0.3) is 5.60 Å². The van der Waals surface area contributed by atoms with E-state index in [2.05, 4.69) is 20.8 Å². The Hall–Kier alpha value is -1.97. The minimum absolute atomic E-state index is 0.0710. The highest BCUT2D eigenvalue weighted by molar-refractivity contribution is 5.83. The maximum absolute atomic E-state index is 14.6. The summed E-state index contributed by atoms with van der Waals surface area (Å²) in [4.78, 5) is 26.0. The van der Waals surface area contributed by atoms with E-state index in [1.54, 1.807) is 13.2 Å². The highest BCUT2D eigenvalue weighted by atomic mass is 19.4. The van der Waals surface area contributed by atoms with E-state index < -0.39 is 23.9 Å². The van der Waals surface area contributed by atoms with Crippen molar-refractivity contribution in [2.45, 2.75) is 123 Å². The van der Waals surface area contributed by atoms with Crippen LogP contribution in [-0.2, 0) is 34.1 Å². The Bertz CT molecular complexity index is 1270. The lowest BCUT2D eigenvalue weighted by atomic mass is 9.43. The number of ketones is 1. The van der Waals surface area contributed by atoms with E-state index in [-0.39, 0.29) is 35.2 Å². The predicted molar refractivity (Wildman–Crippen MR) is 177 cm³/mol. The van der Waals surface area contributed by atoms with E-state index in [1.165, 1.54) is 24.3 Å². The van der Waals surface area contributed by atoms with Gasteiger partial charge in [0, 0.05) is 32.6 Å². The van der Waals surface area contributed by atoms with Crippen LogP contribution in [0.1, 0.15) is 104 Å². The van der Waals surface area contributed by atoms with Crippen molar-refractivity contribution in [1.29, 1.82) is 0 Å². The van der Waals surface area contributed by atoms with Gasteiger partial charge in [0.15, 0.2) is 0 Å². The summed E-state index contributed by atoms with van der Waals surface area (Å²) in [6.45, 7) is 11.2. The molecule has 1 aromatic rings. The number of ether oxygens (including phenoxy) is 4. The summed E-state index contributed by atoms with van der Waals surface area (Å²) < 4.78 is 66.3. The largest absolute Gasteiger partial charge is 0.459 e. The average Bonchev–Trinajstić information content (AvgIpc) is 3.39. The summed E-state index contributed by atoms with van der Waals surface area (Å²) in [7, 11) is 2.57. The first-order valence-electron chi connectivity index (χ1n) is 18.1. The number of alkyl halides is 3. The van der Waals surface area contributed by atoms with E-state index in [9.17, 15) is 22.8 Å². The molecule has 4 aliphatic rings. The molecule has 4 fully saturated rings. The molecule has 4 saturated carbocycles. The Morgan fingerprint density at radius 3 is 2.27 bits per heavy atom. The summed E-state index contributed by atoms with van der Waals surface area (Å²) in [6.07, 6.45) is 3.31. The lowest BCUT2D eigenvalue weighted by Gasteiger charge is -2.62. The molecule has 0 saturated heterocycles. The second-order valence-electron chi connectivity index (χ2n) is 16.3. The number of Topliss-reactive ketones (excluding diaryl/α,β-unsaturated/α-hetero) is 1. The number of hydrogen-bond donors (Lipinski definition) is 0. The standard InChI is InChI=1S/C39H57F3O6/c1-24(2)32(48-35(44)38(46-7,39(40,41)42)26-11-9-8-10-12-26)16-13-25(3)29-14-15-30-34-31(18-20-37(29,30)5)36(4)19-17-28(43)21-27(36)22-33(34)47-23-45-6/h8-12,24-25,27,29-34H,13-23H2,1-7H3/t25-,27-,29-,30+,31+,32-,33-,34+,36+,37-,38-/m1/s1. The number of rotatable bonds is 12. The van der Waals surface area contributed by atoms with E-state index in [0.717, 1.165) is 52.1 Å². The van der Waals surface area contributed by atoms with Crippen LogP contribution in [0.15, 0.2) is 30.3 Å². The van der Waals surface area contributed by atoms with E-state index >= 15 is 0 Å². The second kappa shape index (κ2) is 14.3. The Balaban J connectivity index is 1.31. The number of benzene rings is 1. The predicted octanol–water partition coefficient (Wildman–Crippen LogP) is 8.90. The van der Waals surface area contributed by atoms with E-state index in [4.69, 9.17) is 18.9 Å². The van der Waals surface area contributed by atoms with Gasteiger partial charge in [0.05, 0.1) is 6.10 Å². The van der Waals surface area contributed by atoms with Gasteiger partial charge in [-0.1, -0.05) is 65.0 Å². The molecular weight excluding hydrogens is 621 g/mol. The SMILES string of the molecule is COCO[C@@H]1C[C@H]2CC(=O)CC[C@]2(C)[C@H]2CC[C@]3(C)[C@@H]([C@H](C)CC[C@@H](OC(=O)[C@](OC)(c4ccccc4)C(F)(F)F)C(C)C)CC[C@H]3[C@H]12. The van der Waals surface area contributed by atoms with Crippen LogP contribution in [0.3, 0.4) is 0 Å². The zero-order valence-corrected chi connectivity index (χ0v) is 29.9. The van der Waals surface area contributed by atoms with Gasteiger partial charge >= 0.3 is 12.1 Å². The molecule has 0 unspecified atom stereocenters. The van der Waals surface area contributed by atoms with Crippen LogP contribution in [0.5, 0.6) is 0 Å². The zero-order valence-electron chi connectivity index (χ0n) is 29.9. The molecule has 9 heteroatoms. The minimum Gasteiger partial charge on any atom is -0.459 e. The summed E-state index contributed by atoms with van der Waals surface area (Å²) in [5, 5.41) is 0. The molecule has 0 bridgehead atoms. The average molecular weight is 679 g/mol. The van der Waals surface area contributed by atoms with Crippen molar-refractivity contribution in [2.75, 3.05) is 21.0 Å². The number of carbonyl (C=O) groups excluding carboxylic acids is 2. The number of fused-ring (bicyclic) bond motifs is 5. The van der Waals surface area contributed by atoms with Gasteiger partial charge in [-0.2, -0.15) is 13.2 Å². The molecular formula is C39H57F3O6. The van der Waals surface area contributed by atoms with Gasteiger partial charge in [-0.15, -0.1) is 0 Å². The molecule has 0 aromatic heterocycles. The molecule has 0 aliphatic heterocycles. The first kappa shape index (κ1) is 37.3. The molecule has 48 heavy (non-hydrogen) atoms. The fourth-order valence-corrected chi connectivity index (χ4v) is 11.1. The Kier molecular flexibility index (Phi) is 11.1. The Morgan fingerprint density at radius 2 is 1.65 bits per heavy atom. The van der Waals surface area contributed by atoms with E-state index in [0.29, 0.717) is 60.6 Å². The molecule has 5 rings (SSSR count). The van der Waals surface area contributed by atoms with Crippen LogP contribution in [0.2, 0.25) is 0 Å². The highest BCUT2D eigenvalue weighted by Crippen LogP contribution is 2.68. The van der Waals surface area contributed by atoms with Crippen LogP contribution in [0, 0.1) is 52.3 Å². The number of hydrogen-bond acceptors (Lipinski definition) is 6. The van der Waals surface area contributed by atoms with E-state index in [1.807, 2.05) is 13.8 Å². The fourth-order valence-electron chi connectivity index (χ4n) is 11.1. The summed E-state index contributed by atoms with van der Waals surface area (Å²) in [6, 6.07) is 7.02. The molecule has 0 N–H and O–H groups in total. The molecule has 4 aliphatic carbocycles. The minimum atomic E-state index is -5.00. The molecule has 0 radical (unpaired) electrons. The Morgan fingerprint density at radius 1 is 0.958 bits per heavy atom. The topological polar surface area (TPSA) is 71.1 Å². The van der Waals surface area contributed by atoms with Crippen LogP contribution in [-0.4, -0.2) is 51.1 Å². The fraction of sp³-hybridized carbons (Fsp3) is 0.795. The smallest absolute Gasteiger partial charge is 0.432 e. The van der Waals surface area contributed by atoms with Crippen LogP contribution >= 0.6 is 0 Å². The van der Waals surface area contributed by atoms with Gasteiger partial charge in [0.2, 0.25) is 0 Å². The third kappa shape index (κ3) is 6.50. The van der Waals surface area contributed by atoms with Gasteiger partial charge in [0.1, 0.15) is 18.7 Å². The lowest BCUT2D eigenvalue weighted by molar-refractivity contribution is -0.279. The normalized spacial score (nSPS) is 36.0. The van der Waals surface area contributed by atoms with Crippen LogP contribution < -0.4 is 0 Å². The van der Waals surface area contributed by atoms with Gasteiger partial charge in [-0.25, -0.2) is 4.79 Å². The third-order valence-electron chi connectivity index (χ3n) is 13.7. The maximum Gasteiger partial charge on any atom is 0.432 e. The number of methoxy groups -OCH3 is 2. The summed E-state index contributed by atoms with van der Waals surface area (Å²) in [5.74, 6) is 1.34. The number of halogens is 3. The molecule has 270 valence electrons.